The van der Waals surface area contributed by atoms with Gasteiger partial charge in [-0.25, -0.2) is 0 Å². The summed E-state index contributed by atoms with van der Waals surface area (Å²) in [5, 5.41) is 20.6. The first-order chi connectivity index (χ1) is 18.3. The van der Waals surface area contributed by atoms with Gasteiger partial charge in [-0.1, -0.05) is 24.3 Å². The lowest BCUT2D eigenvalue weighted by Gasteiger charge is -2.23. The topological polar surface area (TPSA) is 111 Å². The molecule has 0 saturated carbocycles. The number of aliphatic hydroxyl groups excluding tert-OH is 1. The van der Waals surface area contributed by atoms with Crippen molar-refractivity contribution in [1.82, 2.24) is 10.2 Å². The Morgan fingerprint density at radius 1 is 1.13 bits per heavy atom. The van der Waals surface area contributed by atoms with Crippen LogP contribution in [0.15, 0.2) is 42.0 Å². The second kappa shape index (κ2) is 10.4. The zero-order valence-electron chi connectivity index (χ0n) is 21.7. The molecule has 0 unspecified atom stereocenters. The Balaban J connectivity index is 1.67. The summed E-state index contributed by atoms with van der Waals surface area (Å²) in [5.41, 5.74) is 1.91. The van der Waals surface area contributed by atoms with Crippen LogP contribution in [0.1, 0.15) is 54.9 Å². The SMILES string of the molecule is CCCOc1ccc([C@H]2C(=C(O)c3ccc4c(c3)C[C@@H](C)O4)C(=O)C(=O)N2c2nnc(C)s2)cc1OCC. The van der Waals surface area contributed by atoms with E-state index < -0.39 is 17.7 Å². The van der Waals surface area contributed by atoms with Gasteiger partial charge in [-0.05, 0) is 68.7 Å². The Kier molecular flexibility index (Phi) is 7.07. The van der Waals surface area contributed by atoms with E-state index >= 15 is 0 Å². The van der Waals surface area contributed by atoms with E-state index in [1.807, 2.05) is 20.8 Å². The number of ether oxygens (including phenoxy) is 3. The van der Waals surface area contributed by atoms with E-state index in [4.69, 9.17) is 14.2 Å². The Labute approximate surface area is 224 Å². The highest BCUT2D eigenvalue weighted by Crippen LogP contribution is 2.45. The minimum Gasteiger partial charge on any atom is -0.507 e. The highest BCUT2D eigenvalue weighted by molar-refractivity contribution is 7.15. The predicted octanol–water partition coefficient (Wildman–Crippen LogP) is 4.98. The van der Waals surface area contributed by atoms with Crippen molar-refractivity contribution in [2.75, 3.05) is 18.1 Å². The largest absolute Gasteiger partial charge is 0.507 e. The zero-order chi connectivity index (χ0) is 27.0. The number of Topliss-reactive ketones (excluding diaryl/α,β-unsaturated/α-hetero) is 1. The van der Waals surface area contributed by atoms with E-state index in [1.54, 1.807) is 43.3 Å². The number of ketones is 1. The molecule has 0 spiro atoms. The van der Waals surface area contributed by atoms with E-state index in [-0.39, 0.29) is 22.6 Å². The van der Waals surface area contributed by atoms with Gasteiger partial charge < -0.3 is 19.3 Å². The lowest BCUT2D eigenvalue weighted by atomic mass is 9.94. The molecule has 3 aromatic rings. The second-order valence-electron chi connectivity index (χ2n) is 9.22. The quantitative estimate of drug-likeness (QED) is 0.244. The second-order valence-corrected chi connectivity index (χ2v) is 10.4. The number of aromatic nitrogens is 2. The molecule has 1 fully saturated rings. The molecule has 2 atom stereocenters. The third-order valence-corrected chi connectivity index (χ3v) is 7.22. The van der Waals surface area contributed by atoms with Crippen molar-refractivity contribution in [2.45, 2.75) is 52.7 Å². The molecule has 1 N–H and O–H groups in total. The lowest BCUT2D eigenvalue weighted by Crippen LogP contribution is -2.29. The molecular weight excluding hydrogens is 506 g/mol. The van der Waals surface area contributed by atoms with Crippen molar-refractivity contribution >= 4 is 33.9 Å². The molecule has 3 heterocycles. The number of aliphatic hydroxyl groups is 1. The van der Waals surface area contributed by atoms with Crippen molar-refractivity contribution in [2.24, 2.45) is 0 Å². The van der Waals surface area contributed by atoms with Crippen LogP contribution >= 0.6 is 11.3 Å². The molecule has 0 aliphatic carbocycles. The molecule has 198 valence electrons. The maximum Gasteiger partial charge on any atom is 0.301 e. The number of hydrogen-bond donors (Lipinski definition) is 1. The van der Waals surface area contributed by atoms with Crippen molar-refractivity contribution in [3.8, 4) is 17.2 Å². The zero-order valence-corrected chi connectivity index (χ0v) is 22.5. The van der Waals surface area contributed by atoms with Crippen LogP contribution in [0.4, 0.5) is 5.13 Å². The van der Waals surface area contributed by atoms with Crippen LogP contribution in [0.2, 0.25) is 0 Å². The maximum atomic E-state index is 13.5. The minimum atomic E-state index is -0.940. The molecule has 2 aromatic carbocycles. The van der Waals surface area contributed by atoms with E-state index in [0.717, 1.165) is 17.7 Å². The number of amides is 1. The van der Waals surface area contributed by atoms with Gasteiger partial charge in [0.25, 0.3) is 5.78 Å². The number of hydrogen-bond acceptors (Lipinski definition) is 9. The van der Waals surface area contributed by atoms with E-state index in [9.17, 15) is 14.7 Å². The normalized spacial score (nSPS) is 19.9. The van der Waals surface area contributed by atoms with Crippen LogP contribution in [0, 0.1) is 6.92 Å². The Morgan fingerprint density at radius 3 is 2.66 bits per heavy atom. The molecule has 0 radical (unpaired) electrons. The van der Waals surface area contributed by atoms with E-state index in [0.29, 0.717) is 47.3 Å². The molecule has 9 nitrogen and oxygen atoms in total. The van der Waals surface area contributed by atoms with Crippen LogP contribution < -0.4 is 19.1 Å². The molecule has 1 saturated heterocycles. The first-order valence-electron chi connectivity index (χ1n) is 12.6. The van der Waals surface area contributed by atoms with Crippen LogP contribution in [0.25, 0.3) is 5.76 Å². The molecule has 10 heteroatoms. The van der Waals surface area contributed by atoms with Gasteiger partial charge in [-0.3, -0.25) is 14.5 Å². The van der Waals surface area contributed by atoms with Gasteiger partial charge in [-0.2, -0.15) is 0 Å². The molecule has 38 heavy (non-hydrogen) atoms. The summed E-state index contributed by atoms with van der Waals surface area (Å²) < 4.78 is 17.5. The monoisotopic (exact) mass is 535 g/mol. The fraction of sp³-hybridized carbons (Fsp3) is 0.357. The number of carbonyl (C=O) groups is 2. The molecule has 0 bridgehead atoms. The van der Waals surface area contributed by atoms with Gasteiger partial charge in [0.05, 0.1) is 24.8 Å². The third-order valence-electron chi connectivity index (χ3n) is 6.38. The highest BCUT2D eigenvalue weighted by Gasteiger charge is 2.48. The maximum absolute atomic E-state index is 13.5. The third kappa shape index (κ3) is 4.60. The Morgan fingerprint density at radius 2 is 1.95 bits per heavy atom. The first-order valence-corrected chi connectivity index (χ1v) is 13.4. The summed E-state index contributed by atoms with van der Waals surface area (Å²) in [6, 6.07) is 9.62. The summed E-state index contributed by atoms with van der Waals surface area (Å²) in [4.78, 5) is 28.2. The number of aryl methyl sites for hydroxylation is 1. The average molecular weight is 536 g/mol. The van der Waals surface area contributed by atoms with Crippen molar-refractivity contribution in [3.63, 3.8) is 0 Å². The van der Waals surface area contributed by atoms with E-state index in [2.05, 4.69) is 10.2 Å². The molecule has 1 amide bonds. The lowest BCUT2D eigenvalue weighted by molar-refractivity contribution is -0.132. The summed E-state index contributed by atoms with van der Waals surface area (Å²) in [7, 11) is 0. The molecule has 5 rings (SSSR count). The van der Waals surface area contributed by atoms with Crippen LogP contribution in [0.3, 0.4) is 0 Å². The molecular formula is C28H29N3O6S. The van der Waals surface area contributed by atoms with Crippen molar-refractivity contribution in [3.05, 3.63) is 63.7 Å². The number of benzene rings is 2. The Hall–Kier alpha value is -3.92. The minimum absolute atomic E-state index is 0.0269. The van der Waals surface area contributed by atoms with Gasteiger partial charge in [0.15, 0.2) is 11.5 Å². The number of nitrogens with zero attached hydrogens (tertiary/aromatic N) is 3. The fourth-order valence-corrected chi connectivity index (χ4v) is 5.46. The van der Waals surface area contributed by atoms with Gasteiger partial charge in [0, 0.05) is 12.0 Å². The van der Waals surface area contributed by atoms with Gasteiger partial charge in [0.1, 0.15) is 22.6 Å². The number of anilines is 1. The van der Waals surface area contributed by atoms with Crippen molar-refractivity contribution < 1.29 is 28.9 Å². The summed E-state index contributed by atoms with van der Waals surface area (Å²) in [6.07, 6.45) is 1.54. The molecule has 1 aromatic heterocycles. The summed E-state index contributed by atoms with van der Waals surface area (Å²) >= 11 is 1.20. The smallest absolute Gasteiger partial charge is 0.301 e. The summed E-state index contributed by atoms with van der Waals surface area (Å²) in [6.45, 7) is 8.54. The van der Waals surface area contributed by atoms with Crippen molar-refractivity contribution in [1.29, 1.82) is 0 Å². The number of fused-ring (bicyclic) bond motifs is 1. The van der Waals surface area contributed by atoms with E-state index in [1.165, 1.54) is 16.2 Å². The summed E-state index contributed by atoms with van der Waals surface area (Å²) in [5.74, 6) is -0.0389. The molecule has 2 aliphatic rings. The van der Waals surface area contributed by atoms with Gasteiger partial charge >= 0.3 is 5.91 Å². The number of rotatable bonds is 8. The highest BCUT2D eigenvalue weighted by atomic mass is 32.1. The van der Waals surface area contributed by atoms with Crippen LogP contribution in [-0.4, -0.2) is 46.3 Å². The average Bonchev–Trinajstić information content (AvgIpc) is 3.57. The first kappa shape index (κ1) is 25.7. The standard InChI is InChI=1S/C28H29N3O6S/c1-5-11-36-21-10-7-17(14-22(21)35-6-2)24-23(26(33)27(34)31(24)28-30-29-16(4)38-28)25(32)18-8-9-20-19(13-18)12-15(3)37-20/h7-10,13-15,24,32H,5-6,11-12H2,1-4H3/t15-,24+/m1/s1. The Bertz CT molecular complexity index is 1430. The van der Waals surface area contributed by atoms with Gasteiger partial charge in [0.2, 0.25) is 5.13 Å². The number of carbonyl (C=O) groups excluding carboxylic acids is 2. The molecule has 2 aliphatic heterocycles. The fourth-order valence-electron chi connectivity index (χ4n) is 4.75. The predicted molar refractivity (Wildman–Crippen MR) is 143 cm³/mol. The van der Waals surface area contributed by atoms with Gasteiger partial charge in [-0.15, -0.1) is 10.2 Å². The van der Waals surface area contributed by atoms with Crippen LogP contribution in [0.5, 0.6) is 17.2 Å². The van der Waals surface area contributed by atoms with Crippen LogP contribution in [-0.2, 0) is 16.0 Å².